The van der Waals surface area contributed by atoms with Crippen molar-refractivity contribution in [3.05, 3.63) is 80.5 Å². The minimum atomic E-state index is -0.450. The first-order valence-corrected chi connectivity index (χ1v) is 37.4. The van der Waals surface area contributed by atoms with Crippen LogP contribution in [0.1, 0.15) is 62.8 Å². The van der Waals surface area contributed by atoms with E-state index >= 15 is 0 Å². The third-order valence-electron chi connectivity index (χ3n) is 8.33. The van der Waals surface area contributed by atoms with Crippen LogP contribution < -0.4 is 9.47 Å². The van der Waals surface area contributed by atoms with Gasteiger partial charge in [0.05, 0.1) is 25.7 Å². The van der Waals surface area contributed by atoms with Crippen molar-refractivity contribution in [2.75, 3.05) is 62.1 Å². The number of carbonyl (C=O) groups is 1. The lowest BCUT2D eigenvalue weighted by Gasteiger charge is -2.32. The van der Waals surface area contributed by atoms with Crippen LogP contribution in [0.3, 0.4) is 0 Å². The van der Waals surface area contributed by atoms with E-state index < -0.39 is 5.41 Å². The van der Waals surface area contributed by atoms with Gasteiger partial charge in [0.15, 0.2) is 11.5 Å². The van der Waals surface area contributed by atoms with Crippen LogP contribution >= 0.6 is 168 Å². The van der Waals surface area contributed by atoms with Gasteiger partial charge in [0, 0.05) is 27.0 Å². The average Bonchev–Trinajstić information content (AvgIpc) is 3.35. The highest BCUT2D eigenvalue weighted by atomic mass is 33.5. The second-order valence-corrected chi connectivity index (χ2v) is 36.9. The van der Waals surface area contributed by atoms with Gasteiger partial charge in [0.25, 0.3) is 0 Å². The molecule has 4 rings (SSSR count). The first-order valence-electron chi connectivity index (χ1n) is 17.0. The maximum Gasteiger partial charge on any atom is 0.338 e. The van der Waals surface area contributed by atoms with Crippen LogP contribution in [0, 0.1) is 19.3 Å². The van der Waals surface area contributed by atoms with Crippen LogP contribution in [0.5, 0.6) is 11.5 Å². The second kappa shape index (κ2) is 26.3. The zero-order valence-electron chi connectivity index (χ0n) is 32.6. The maximum atomic E-state index is 13.3. The summed E-state index contributed by atoms with van der Waals surface area (Å²) >= 11 is 1.68. The minimum Gasteiger partial charge on any atom is -0.488 e. The number of thiophene rings is 1. The summed E-state index contributed by atoms with van der Waals surface area (Å²) in [5, 5.41) is 0.243. The van der Waals surface area contributed by atoms with Gasteiger partial charge in [-0.25, -0.2) is 4.79 Å². The van der Waals surface area contributed by atoms with E-state index in [-0.39, 0.29) is 27.3 Å². The summed E-state index contributed by atoms with van der Waals surface area (Å²) in [5.41, 5.74) is 4.07. The minimum absolute atomic E-state index is 0.00940. The van der Waals surface area contributed by atoms with Crippen molar-refractivity contribution in [3.8, 4) is 11.5 Å². The molecule has 0 bridgehead atoms. The molecule has 0 amide bonds. The maximum absolute atomic E-state index is 13.3. The van der Waals surface area contributed by atoms with Crippen molar-refractivity contribution in [3.63, 3.8) is 0 Å². The lowest BCUT2D eigenvalue weighted by atomic mass is 9.94. The van der Waals surface area contributed by atoms with E-state index in [1.807, 2.05) is 179 Å². The molecule has 0 fully saturated rings. The Labute approximate surface area is 397 Å². The highest BCUT2D eigenvalue weighted by Crippen LogP contribution is 2.58. The van der Waals surface area contributed by atoms with Gasteiger partial charge in [-0.3, -0.25) is 0 Å². The van der Waals surface area contributed by atoms with Crippen molar-refractivity contribution >= 4 is 174 Å². The summed E-state index contributed by atoms with van der Waals surface area (Å²) < 4.78 is 18.1. The zero-order valence-corrected chi connectivity index (χ0v) is 45.7. The summed E-state index contributed by atoms with van der Waals surface area (Å²) in [6, 6.07) is 17.4. The predicted molar refractivity (Wildman–Crippen MR) is 286 cm³/mol. The largest absolute Gasteiger partial charge is 0.488 e. The molecule has 1 aromatic heterocycles. The van der Waals surface area contributed by atoms with E-state index in [0.29, 0.717) is 18.8 Å². The summed E-state index contributed by atoms with van der Waals surface area (Å²) in [7, 11) is 28.1. The monoisotopic (exact) mass is 1060 g/mol. The summed E-state index contributed by atoms with van der Waals surface area (Å²) in [6.45, 7) is 12.0. The van der Waals surface area contributed by atoms with Gasteiger partial charge in [0.1, 0.15) is 19.8 Å². The van der Waals surface area contributed by atoms with E-state index in [0.717, 1.165) is 38.5 Å². The highest BCUT2D eigenvalue weighted by molar-refractivity contribution is 9.11. The molecular weight excluding hydrogens is 1010 g/mol. The molecule has 3 atom stereocenters. The van der Waals surface area contributed by atoms with Crippen LogP contribution in [0.25, 0.3) is 0 Å². The molecule has 0 saturated heterocycles. The summed E-state index contributed by atoms with van der Waals surface area (Å²) in [4.78, 5) is 15.5. The van der Waals surface area contributed by atoms with Crippen molar-refractivity contribution in [1.82, 2.24) is 0 Å². The molecule has 0 radical (unpaired) electrons. The Balaban J connectivity index is 1.44. The molecule has 4 nitrogen and oxygen atoms in total. The number of fused-ring (bicyclic) bond motifs is 1. The Hall–Kier alpha value is 2.46. The molecule has 2 heterocycles. The lowest BCUT2D eigenvalue weighted by Crippen LogP contribution is -2.36. The first kappa shape index (κ1) is 51.1. The van der Waals surface area contributed by atoms with Crippen LogP contribution in [0.2, 0.25) is 0 Å². The predicted octanol–water partition coefficient (Wildman–Crippen LogP) is 16.8. The number of ether oxygens (including phenoxy) is 3. The van der Waals surface area contributed by atoms with Gasteiger partial charge in [0.2, 0.25) is 0 Å². The Kier molecular flexibility index (Phi) is 24.0. The molecule has 3 aromatic rings. The van der Waals surface area contributed by atoms with Crippen LogP contribution in [-0.4, -0.2) is 68.1 Å². The molecule has 20 heteroatoms. The molecule has 56 heavy (non-hydrogen) atoms. The third kappa shape index (κ3) is 15.6. The zero-order chi connectivity index (χ0) is 40.6. The average molecular weight is 1060 g/mol. The van der Waals surface area contributed by atoms with Crippen LogP contribution in [0.4, 0.5) is 0 Å². The van der Waals surface area contributed by atoms with E-state index in [1.165, 1.54) is 16.7 Å². The van der Waals surface area contributed by atoms with Crippen LogP contribution in [0.15, 0.2) is 48.5 Å². The highest BCUT2D eigenvalue weighted by Gasteiger charge is 2.35. The number of rotatable bonds is 25. The number of aryl methyl sites for hydroxylation is 2. The Bertz CT molecular complexity index is 1620. The lowest BCUT2D eigenvalue weighted by molar-refractivity contribution is 0.0100. The van der Waals surface area contributed by atoms with Gasteiger partial charge < -0.3 is 14.2 Å². The van der Waals surface area contributed by atoms with E-state index in [9.17, 15) is 4.79 Å². The quantitative estimate of drug-likeness (QED) is 0.0459. The molecule has 3 unspecified atom stereocenters. The molecule has 312 valence electrons. The van der Waals surface area contributed by atoms with Crippen molar-refractivity contribution < 1.29 is 19.0 Å². The fourth-order valence-electron chi connectivity index (χ4n) is 5.18. The number of benzene rings is 2. The Morgan fingerprint density at radius 3 is 1.82 bits per heavy atom. The second-order valence-electron chi connectivity index (χ2n) is 13.1. The van der Waals surface area contributed by atoms with Gasteiger partial charge in [-0.1, -0.05) is 144 Å². The van der Waals surface area contributed by atoms with Crippen LogP contribution in [-0.2, 0) is 14.2 Å². The smallest absolute Gasteiger partial charge is 0.338 e. The molecular formula is C36H48O4S16. The Morgan fingerprint density at radius 1 is 0.768 bits per heavy atom. The van der Waals surface area contributed by atoms with Gasteiger partial charge in [-0.05, 0) is 138 Å². The van der Waals surface area contributed by atoms with Gasteiger partial charge in [-0.15, -0.1) is 11.3 Å². The fraction of sp³-hybridized carbons (Fsp3) is 0.528. The summed E-state index contributed by atoms with van der Waals surface area (Å²) in [5.74, 6) is 4.29. The molecule has 0 N–H and O–H groups in total. The molecule has 1 aliphatic heterocycles. The van der Waals surface area contributed by atoms with E-state index in [1.54, 1.807) is 22.1 Å². The van der Waals surface area contributed by atoms with Crippen molar-refractivity contribution in [1.29, 1.82) is 0 Å². The molecule has 0 aliphatic carbocycles. The molecule has 0 spiro atoms. The first-order chi connectivity index (χ1) is 26.9. The van der Waals surface area contributed by atoms with Gasteiger partial charge in [-0.2, -0.15) is 0 Å². The summed E-state index contributed by atoms with van der Waals surface area (Å²) in [6.07, 6.45) is 8.56. The van der Waals surface area contributed by atoms with Gasteiger partial charge >= 0.3 is 5.97 Å². The normalized spacial score (nSPS) is 16.4. The topological polar surface area (TPSA) is 44.8 Å². The molecule has 2 aromatic carbocycles. The van der Waals surface area contributed by atoms with Crippen molar-refractivity contribution in [2.45, 2.75) is 49.4 Å². The molecule has 1 aliphatic rings. The van der Waals surface area contributed by atoms with E-state index in [2.05, 4.69) is 75.3 Å². The number of hydrogen-bond acceptors (Lipinski definition) is 20. The SMILES string of the molecule is CSSSCC(SSSC(C)(CSSSC)c1cccc(C(C)(CSSSC)SSSC)c1)c1ccc(C(=O)OCC2(C)COc3c(C)sc(C)c3OC2)cc1. The fourth-order valence-corrected chi connectivity index (χ4v) is 26.2. The number of esters is 1. The molecule has 0 saturated carbocycles. The van der Waals surface area contributed by atoms with E-state index in [4.69, 9.17) is 14.2 Å². The Morgan fingerprint density at radius 2 is 1.29 bits per heavy atom. The third-order valence-corrected chi connectivity index (χ3v) is 31.6. The number of carbonyl (C=O) groups excluding carboxylic acids is 1. The van der Waals surface area contributed by atoms with Crippen molar-refractivity contribution in [2.24, 2.45) is 5.41 Å². The standard InChI is InChI=1S/C36H48O4S16/c1-24-31-32(25(2)48-24)39-20-34(3,19-38-31)21-40-33(37)27-15-13-26(14-16-27)30(18-45-52-41-6)49-56-51-36(5,23-47-54-43-8)29-12-10-11-28(17-29)35(4,50-55-44-9)22-46-53-42-7/h10-17,30H,18-23H2,1-9H3. The number of hydrogen-bond donors (Lipinski definition) is 0.